The van der Waals surface area contributed by atoms with Gasteiger partial charge >= 0.3 is 12.0 Å². The van der Waals surface area contributed by atoms with E-state index in [1.54, 1.807) is 30.3 Å². The van der Waals surface area contributed by atoms with Crippen molar-refractivity contribution in [3.05, 3.63) is 124 Å². The fourth-order valence-electron chi connectivity index (χ4n) is 6.25. The van der Waals surface area contributed by atoms with Gasteiger partial charge in [0.1, 0.15) is 5.83 Å². The minimum absolute atomic E-state index is 0.138. The maximum absolute atomic E-state index is 15.1. The van der Waals surface area contributed by atoms with Crippen molar-refractivity contribution in [1.82, 2.24) is 15.6 Å². The van der Waals surface area contributed by atoms with Crippen molar-refractivity contribution < 1.29 is 32.2 Å². The molecule has 12 heteroatoms. The third-order valence-corrected chi connectivity index (χ3v) is 9.17. The minimum atomic E-state index is -3.35. The number of aromatic nitrogens is 1. The quantitative estimate of drug-likeness (QED) is 0.160. The van der Waals surface area contributed by atoms with Crippen molar-refractivity contribution in [3.63, 3.8) is 0 Å². The van der Waals surface area contributed by atoms with Gasteiger partial charge in [-0.3, -0.25) is 4.98 Å². The van der Waals surface area contributed by atoms with E-state index in [-0.39, 0.29) is 31.6 Å². The summed E-state index contributed by atoms with van der Waals surface area (Å²) in [6.07, 6.45) is 5.20. The number of carbonyl (C=O) groups is 2. The molecule has 2 N–H and O–H groups in total. The number of esters is 1. The van der Waals surface area contributed by atoms with Gasteiger partial charge in [-0.05, 0) is 73.2 Å². The lowest BCUT2D eigenvalue weighted by Crippen LogP contribution is -2.57. The smallest absolute Gasteiger partial charge is 0.337 e. The molecule has 2 amide bonds. The number of pyridine rings is 1. The van der Waals surface area contributed by atoms with Gasteiger partial charge in [0.2, 0.25) is 0 Å². The number of nitrogens with one attached hydrogen (secondary N) is 2. The van der Waals surface area contributed by atoms with Gasteiger partial charge in [0.05, 0.1) is 41.6 Å². The average molecular weight is 686 g/mol. The van der Waals surface area contributed by atoms with Gasteiger partial charge in [0, 0.05) is 30.2 Å². The number of allylic oxidation sites excluding steroid dienone is 3. The highest BCUT2D eigenvalue weighted by Crippen LogP contribution is 2.45. The molecule has 2 unspecified atom stereocenters. The lowest BCUT2D eigenvalue weighted by atomic mass is 9.71. The zero-order valence-electron chi connectivity index (χ0n) is 25.7. The molecule has 5 atom stereocenters. The van der Waals surface area contributed by atoms with Gasteiger partial charge in [0.25, 0.3) is 5.66 Å². The molecule has 0 bridgehead atoms. The zero-order chi connectivity index (χ0) is 33.6. The Morgan fingerprint density at radius 3 is 2.53 bits per heavy atom. The molecule has 2 aliphatic carbocycles. The standard InChI is InChI=1S/C35H36ClF3N3O4P/c1-45-32(43)24-9-5-8-23(14-24)21-46-30-12-11-29(18-30)41-33(44)42-34(19-22-6-3-2-4-7-22,31-13-10-27(36)20-40-31)25-15-26(35(38,39)47)17-28(37)16-25/h2-10,13-14,16-17,20,25,29-30H,11-12,15,18-19,21,47H2,1H3,(H2,41,42,44)/t25?,29-,30+,34+/m1/s1. The molecule has 1 fully saturated rings. The molecule has 0 spiro atoms. The molecular weight excluding hydrogens is 650 g/mol. The summed E-state index contributed by atoms with van der Waals surface area (Å²) < 4.78 is 55.1. The molecule has 1 aromatic heterocycles. The highest BCUT2D eigenvalue weighted by molar-refractivity contribution is 7.18. The van der Waals surface area contributed by atoms with Gasteiger partial charge < -0.3 is 20.1 Å². The zero-order valence-corrected chi connectivity index (χ0v) is 27.6. The Kier molecular flexibility index (Phi) is 11.1. The van der Waals surface area contributed by atoms with E-state index in [1.807, 2.05) is 36.4 Å². The number of benzene rings is 2. The van der Waals surface area contributed by atoms with Crippen LogP contribution in [0.1, 0.15) is 52.9 Å². The second-order valence-corrected chi connectivity index (χ2v) is 13.0. The molecule has 47 heavy (non-hydrogen) atoms. The number of hydrogen-bond donors (Lipinski definition) is 2. The number of methoxy groups -OCH3 is 1. The van der Waals surface area contributed by atoms with Crippen molar-refractivity contribution in [2.45, 2.75) is 62.1 Å². The van der Waals surface area contributed by atoms with Gasteiger partial charge in [-0.25, -0.2) is 14.0 Å². The van der Waals surface area contributed by atoms with Crippen LogP contribution in [0.15, 0.2) is 96.5 Å². The first kappa shape index (κ1) is 34.6. The molecule has 5 rings (SSSR count). The lowest BCUT2D eigenvalue weighted by Gasteiger charge is -2.42. The summed E-state index contributed by atoms with van der Waals surface area (Å²) in [7, 11) is 2.80. The Hall–Kier alpha value is -3.72. The Bertz CT molecular complexity index is 1630. The van der Waals surface area contributed by atoms with E-state index in [9.17, 15) is 18.4 Å². The van der Waals surface area contributed by atoms with E-state index in [0.29, 0.717) is 35.5 Å². The van der Waals surface area contributed by atoms with Crippen LogP contribution in [-0.2, 0) is 28.0 Å². The normalized spacial score (nSPS) is 20.9. The second-order valence-electron chi connectivity index (χ2n) is 11.9. The first-order valence-corrected chi connectivity index (χ1v) is 16.2. The van der Waals surface area contributed by atoms with Crippen molar-refractivity contribution >= 4 is 32.8 Å². The molecule has 0 saturated heterocycles. The number of ether oxygens (including phenoxy) is 2. The molecule has 1 heterocycles. The fraction of sp³-hybridized carbons (Fsp3) is 0.343. The highest BCUT2D eigenvalue weighted by atomic mass is 35.5. The summed E-state index contributed by atoms with van der Waals surface area (Å²) in [5.74, 6) is -2.17. The second kappa shape index (κ2) is 15.0. The third kappa shape index (κ3) is 8.80. The number of carbonyl (C=O) groups excluding carboxylic acids is 2. The summed E-state index contributed by atoms with van der Waals surface area (Å²) >= 11 is 6.16. The maximum Gasteiger partial charge on any atom is 0.337 e. The molecule has 1 saturated carbocycles. The minimum Gasteiger partial charge on any atom is -0.465 e. The number of nitrogens with zero attached hydrogens (tertiary/aromatic N) is 1. The van der Waals surface area contributed by atoms with Gasteiger partial charge in [0.15, 0.2) is 0 Å². The van der Waals surface area contributed by atoms with Crippen LogP contribution in [0.2, 0.25) is 5.02 Å². The van der Waals surface area contributed by atoms with Crippen LogP contribution in [0.5, 0.6) is 0 Å². The Morgan fingerprint density at radius 2 is 1.83 bits per heavy atom. The predicted octanol–water partition coefficient (Wildman–Crippen LogP) is 7.66. The molecule has 248 valence electrons. The van der Waals surface area contributed by atoms with Crippen molar-refractivity contribution in [2.24, 2.45) is 5.92 Å². The molecule has 7 nitrogen and oxygen atoms in total. The Labute approximate surface area is 279 Å². The molecule has 3 aromatic rings. The monoisotopic (exact) mass is 685 g/mol. The number of hydrogen-bond acceptors (Lipinski definition) is 5. The van der Waals surface area contributed by atoms with Crippen LogP contribution < -0.4 is 10.6 Å². The van der Waals surface area contributed by atoms with Crippen LogP contribution >= 0.6 is 20.8 Å². The summed E-state index contributed by atoms with van der Waals surface area (Å²) in [4.78, 5) is 30.2. The van der Waals surface area contributed by atoms with Crippen LogP contribution in [-0.4, -0.2) is 41.9 Å². The number of alkyl halides is 2. The molecule has 2 aromatic carbocycles. The Balaban J connectivity index is 1.36. The molecular formula is C35H36ClF3N3O4P. The SMILES string of the molecule is COC(=O)c1cccc(CO[C@H]2CC[C@@H](NC(=O)N[C@](Cc3ccccc3)(c3ccc(Cl)cn3)C3C=C(F)C=C(C(F)(F)P)C3)C2)c1. The Morgan fingerprint density at radius 1 is 1.06 bits per heavy atom. The van der Waals surface area contributed by atoms with E-state index in [4.69, 9.17) is 21.1 Å². The summed E-state index contributed by atoms with van der Waals surface area (Å²) in [5, 5.41) is 6.45. The number of halogens is 4. The summed E-state index contributed by atoms with van der Waals surface area (Å²) in [6, 6.07) is 18.7. The first-order chi connectivity index (χ1) is 22.4. The van der Waals surface area contributed by atoms with E-state index >= 15 is 4.39 Å². The van der Waals surface area contributed by atoms with Crippen molar-refractivity contribution in [1.29, 1.82) is 0 Å². The van der Waals surface area contributed by atoms with Crippen LogP contribution in [0.3, 0.4) is 0 Å². The van der Waals surface area contributed by atoms with Crippen molar-refractivity contribution in [2.75, 3.05) is 7.11 Å². The van der Waals surface area contributed by atoms with Gasteiger partial charge in [-0.1, -0.05) is 63.3 Å². The summed E-state index contributed by atoms with van der Waals surface area (Å²) in [5.41, 5.74) is -2.79. The molecule has 0 radical (unpaired) electrons. The van der Waals surface area contributed by atoms with Crippen LogP contribution in [0.4, 0.5) is 18.0 Å². The fourth-order valence-corrected chi connectivity index (χ4v) is 6.56. The van der Waals surface area contributed by atoms with Crippen LogP contribution in [0.25, 0.3) is 0 Å². The maximum atomic E-state index is 15.1. The number of urea groups is 1. The van der Waals surface area contributed by atoms with E-state index in [2.05, 4.69) is 15.6 Å². The molecule has 0 aliphatic heterocycles. The topological polar surface area (TPSA) is 89.5 Å². The van der Waals surface area contributed by atoms with Crippen LogP contribution in [0, 0.1) is 5.92 Å². The third-order valence-electron chi connectivity index (χ3n) is 8.57. The van der Waals surface area contributed by atoms with E-state index < -0.39 is 40.5 Å². The van der Waals surface area contributed by atoms with E-state index in [0.717, 1.165) is 17.2 Å². The summed E-state index contributed by atoms with van der Waals surface area (Å²) in [6.45, 7) is 0.284. The van der Waals surface area contributed by atoms with Gasteiger partial charge in [-0.2, -0.15) is 8.78 Å². The van der Waals surface area contributed by atoms with Gasteiger partial charge in [-0.15, -0.1) is 0 Å². The highest BCUT2D eigenvalue weighted by Gasteiger charge is 2.46. The lowest BCUT2D eigenvalue weighted by molar-refractivity contribution is 0.0442. The molecule has 2 aliphatic rings. The average Bonchev–Trinajstić information content (AvgIpc) is 3.50. The predicted molar refractivity (Wildman–Crippen MR) is 177 cm³/mol. The largest absolute Gasteiger partial charge is 0.465 e. The first-order valence-electron chi connectivity index (χ1n) is 15.2. The number of amides is 2. The van der Waals surface area contributed by atoms with Crippen molar-refractivity contribution in [3.8, 4) is 0 Å². The number of rotatable bonds is 11. The van der Waals surface area contributed by atoms with E-state index in [1.165, 1.54) is 28.6 Å².